The van der Waals surface area contributed by atoms with E-state index in [0.717, 1.165) is 4.90 Å². The van der Waals surface area contributed by atoms with Crippen molar-refractivity contribution in [1.82, 2.24) is 14.5 Å². The van der Waals surface area contributed by atoms with Crippen LogP contribution in [0, 0.1) is 0 Å². The van der Waals surface area contributed by atoms with Gasteiger partial charge in [0.15, 0.2) is 8.32 Å². The molecule has 14 heteroatoms. The van der Waals surface area contributed by atoms with Gasteiger partial charge in [-0.1, -0.05) is 32.9 Å². The van der Waals surface area contributed by atoms with Crippen molar-refractivity contribution in [1.29, 1.82) is 0 Å². The zero-order chi connectivity index (χ0) is 36.5. The number of hydrogen-bond acceptors (Lipinski definition) is 8. The number of carbonyl (C=O) groups excluding carboxylic acids is 2. The number of anilines is 1. The van der Waals surface area contributed by atoms with Gasteiger partial charge in [-0.05, 0) is 89.0 Å². The summed E-state index contributed by atoms with van der Waals surface area (Å²) in [6.45, 7) is 21.5. The molecular weight excluding hydrogens is 645 g/mol. The number of imidazole rings is 1. The quantitative estimate of drug-likeness (QED) is 0.175. The first kappa shape index (κ1) is 38.7. The molecule has 2 aromatic carbocycles. The summed E-state index contributed by atoms with van der Waals surface area (Å²) in [5, 5.41) is 3.47. The number of rotatable bonds is 9. The number of ether oxygens (including phenoxy) is 3. The number of amides is 2. The highest BCUT2D eigenvalue weighted by molar-refractivity contribution is 6.74. The minimum absolute atomic E-state index is 0.0110. The molecule has 0 saturated carbocycles. The van der Waals surface area contributed by atoms with Gasteiger partial charge in [0, 0.05) is 19.2 Å². The van der Waals surface area contributed by atoms with Crippen molar-refractivity contribution < 1.29 is 41.4 Å². The molecule has 266 valence electrons. The van der Waals surface area contributed by atoms with E-state index >= 15 is 0 Å². The largest absolute Gasteiger partial charge is 0.573 e. The van der Waals surface area contributed by atoms with Gasteiger partial charge < -0.3 is 28.5 Å². The van der Waals surface area contributed by atoms with E-state index in [1.807, 2.05) is 0 Å². The molecule has 10 nitrogen and oxygen atoms in total. The summed E-state index contributed by atoms with van der Waals surface area (Å²) >= 11 is 0. The lowest BCUT2D eigenvalue weighted by Gasteiger charge is -2.36. The Balaban J connectivity index is 2.17. The van der Waals surface area contributed by atoms with Gasteiger partial charge in [0.2, 0.25) is 0 Å². The number of aryl methyl sites for hydroxylation is 1. The molecule has 1 heterocycles. The number of benzene rings is 2. The Morgan fingerprint density at radius 2 is 1.46 bits per heavy atom. The van der Waals surface area contributed by atoms with Crippen LogP contribution in [0.15, 0.2) is 36.7 Å². The van der Waals surface area contributed by atoms with Gasteiger partial charge in [-0.15, -0.1) is 13.2 Å². The maximum atomic E-state index is 13.5. The van der Waals surface area contributed by atoms with Crippen molar-refractivity contribution in [2.24, 2.45) is 7.05 Å². The van der Waals surface area contributed by atoms with Crippen molar-refractivity contribution in [2.45, 2.75) is 105 Å². The first-order valence-electron chi connectivity index (χ1n) is 15.7. The summed E-state index contributed by atoms with van der Waals surface area (Å²) < 4.78 is 62.0. The number of nitrogens with zero attached hydrogens (tertiary/aromatic N) is 3. The van der Waals surface area contributed by atoms with Crippen LogP contribution in [0.1, 0.15) is 67.9 Å². The highest BCUT2D eigenvalue weighted by Gasteiger charge is 2.37. The number of alkyl halides is 3. The first-order chi connectivity index (χ1) is 21.8. The van der Waals surface area contributed by atoms with Gasteiger partial charge in [-0.3, -0.25) is 0 Å². The lowest BCUT2D eigenvalue weighted by molar-refractivity contribution is -0.274. The SMILES string of the molecule is Cn1cnc2c(-c3ccc(OC(F)(F)F)cc3)cc(CN(C(=O)OC(C)(C)C)C(=O)OC(C)(C)C)c(NCCO[Si](C)(C)C(C)(C)C)c21. The van der Waals surface area contributed by atoms with Crippen molar-refractivity contribution in [3.05, 3.63) is 42.2 Å². The fraction of sp³-hybridized carbons (Fsp3) is 0.559. The van der Waals surface area contributed by atoms with Gasteiger partial charge >= 0.3 is 18.5 Å². The van der Waals surface area contributed by atoms with Crippen LogP contribution < -0.4 is 10.1 Å². The average Bonchev–Trinajstić information content (AvgIpc) is 3.28. The molecule has 0 radical (unpaired) electrons. The lowest BCUT2D eigenvalue weighted by Crippen LogP contribution is -2.43. The Hall–Kier alpha value is -3.78. The van der Waals surface area contributed by atoms with Crippen LogP contribution in [0.3, 0.4) is 0 Å². The van der Waals surface area contributed by atoms with E-state index in [4.69, 9.17) is 13.9 Å². The number of imide groups is 1. The van der Waals surface area contributed by atoms with Crippen molar-refractivity contribution in [3.8, 4) is 16.9 Å². The number of aromatic nitrogens is 2. The summed E-state index contributed by atoms with van der Waals surface area (Å²) in [7, 11) is -0.246. The Morgan fingerprint density at radius 3 is 1.94 bits per heavy atom. The fourth-order valence-corrected chi connectivity index (χ4v) is 5.52. The van der Waals surface area contributed by atoms with E-state index in [1.54, 1.807) is 65.6 Å². The van der Waals surface area contributed by atoms with Gasteiger partial charge in [0.1, 0.15) is 17.0 Å². The highest BCUT2D eigenvalue weighted by Crippen LogP contribution is 2.39. The summed E-state index contributed by atoms with van der Waals surface area (Å²) in [5.41, 5.74) is 1.62. The average molecular weight is 695 g/mol. The molecule has 0 fully saturated rings. The summed E-state index contributed by atoms with van der Waals surface area (Å²) in [6.07, 6.45) is -5.01. The zero-order valence-electron chi connectivity index (χ0n) is 30.0. The molecule has 0 aliphatic carbocycles. The van der Waals surface area contributed by atoms with Crippen LogP contribution in [-0.4, -0.2) is 65.7 Å². The van der Waals surface area contributed by atoms with Gasteiger partial charge in [0.05, 0.1) is 36.2 Å². The Morgan fingerprint density at radius 1 is 0.917 bits per heavy atom. The molecule has 2 amide bonds. The van der Waals surface area contributed by atoms with Crippen LogP contribution in [0.5, 0.6) is 5.75 Å². The Kier molecular flexibility index (Phi) is 11.3. The third-order valence-electron chi connectivity index (χ3n) is 7.70. The molecule has 3 aromatic rings. The summed E-state index contributed by atoms with van der Waals surface area (Å²) in [6, 6.07) is 7.18. The summed E-state index contributed by atoms with van der Waals surface area (Å²) in [5.74, 6) is -0.371. The smallest absolute Gasteiger partial charge is 0.443 e. The maximum absolute atomic E-state index is 13.5. The standard InChI is InChI=1S/C34H49F3N4O6Si/c1-31(2,3)46-29(42)41(30(43)47-32(4,5)6)20-23-19-25(22-13-15-24(16-14-22)45-34(35,36)37)27-28(40(10)21-39-27)26(23)38-17-18-44-48(11,12)33(7,8)9/h13-16,19,21,38H,17-18,20H2,1-12H3. The van der Waals surface area contributed by atoms with Crippen LogP contribution in [0.2, 0.25) is 18.1 Å². The predicted molar refractivity (Wildman–Crippen MR) is 182 cm³/mol. The van der Waals surface area contributed by atoms with E-state index < -0.39 is 38.1 Å². The second-order valence-corrected chi connectivity index (χ2v) is 20.0. The molecule has 1 aromatic heterocycles. The second-order valence-electron chi connectivity index (χ2n) is 15.2. The topological polar surface area (TPSA) is 104 Å². The monoisotopic (exact) mass is 694 g/mol. The number of fused-ring (bicyclic) bond motifs is 1. The number of hydrogen-bond donors (Lipinski definition) is 1. The third kappa shape index (κ3) is 10.4. The molecule has 0 saturated heterocycles. The van der Waals surface area contributed by atoms with Crippen LogP contribution in [0.4, 0.5) is 28.4 Å². The van der Waals surface area contributed by atoms with Crippen molar-refractivity contribution in [2.75, 3.05) is 18.5 Å². The third-order valence-corrected chi connectivity index (χ3v) is 12.2. The molecule has 0 aliphatic rings. The Labute approximate surface area is 282 Å². The molecule has 0 atom stereocenters. The maximum Gasteiger partial charge on any atom is 0.573 e. The molecule has 0 spiro atoms. The fourth-order valence-electron chi connectivity index (χ4n) is 4.47. The Bertz CT molecular complexity index is 1570. The van der Waals surface area contributed by atoms with E-state index in [0.29, 0.717) is 46.6 Å². The highest BCUT2D eigenvalue weighted by atomic mass is 28.4. The number of halogens is 3. The van der Waals surface area contributed by atoms with Crippen LogP contribution in [0.25, 0.3) is 22.2 Å². The zero-order valence-corrected chi connectivity index (χ0v) is 31.0. The van der Waals surface area contributed by atoms with Crippen molar-refractivity contribution in [3.63, 3.8) is 0 Å². The van der Waals surface area contributed by atoms with E-state index in [-0.39, 0.29) is 17.3 Å². The minimum Gasteiger partial charge on any atom is -0.443 e. The number of nitrogens with one attached hydrogen (secondary N) is 1. The first-order valence-corrected chi connectivity index (χ1v) is 18.6. The molecule has 0 unspecified atom stereocenters. The van der Waals surface area contributed by atoms with Crippen LogP contribution in [-0.2, 0) is 27.5 Å². The molecule has 0 aliphatic heterocycles. The second kappa shape index (κ2) is 14.0. The molecule has 3 rings (SSSR count). The van der Waals surface area contributed by atoms with Crippen LogP contribution >= 0.6 is 0 Å². The molecule has 0 bridgehead atoms. The van der Waals surface area contributed by atoms with Gasteiger partial charge in [-0.25, -0.2) is 19.5 Å². The minimum atomic E-state index is -4.84. The lowest BCUT2D eigenvalue weighted by atomic mass is 9.98. The van der Waals surface area contributed by atoms with Crippen molar-refractivity contribution >= 4 is 37.2 Å². The normalized spacial score (nSPS) is 13.0. The van der Waals surface area contributed by atoms with E-state index in [2.05, 4.69) is 48.9 Å². The predicted octanol–water partition coefficient (Wildman–Crippen LogP) is 9.24. The summed E-state index contributed by atoms with van der Waals surface area (Å²) in [4.78, 5) is 32.5. The molecular formula is C34H49F3N4O6Si. The number of carbonyl (C=O) groups is 2. The van der Waals surface area contributed by atoms with E-state index in [1.165, 1.54) is 24.3 Å². The van der Waals surface area contributed by atoms with Gasteiger partial charge in [0.25, 0.3) is 0 Å². The molecule has 1 N–H and O–H groups in total. The van der Waals surface area contributed by atoms with E-state index in [9.17, 15) is 22.8 Å². The molecule has 48 heavy (non-hydrogen) atoms. The van der Waals surface area contributed by atoms with Gasteiger partial charge in [-0.2, -0.15) is 0 Å².